The lowest BCUT2D eigenvalue weighted by molar-refractivity contribution is -0.131. The first kappa shape index (κ1) is 14.8. The molecule has 1 aliphatic rings. The van der Waals surface area contributed by atoms with E-state index in [0.29, 0.717) is 5.69 Å². The van der Waals surface area contributed by atoms with Gasteiger partial charge in [0.2, 0.25) is 5.91 Å². The van der Waals surface area contributed by atoms with E-state index in [2.05, 4.69) is 15.5 Å². The Morgan fingerprint density at radius 2 is 2.17 bits per heavy atom. The third-order valence-corrected chi connectivity index (χ3v) is 3.28. The summed E-state index contributed by atoms with van der Waals surface area (Å²) in [4.78, 5) is 27.0. The van der Waals surface area contributed by atoms with Crippen molar-refractivity contribution in [1.29, 1.82) is 0 Å². The molecule has 2 amide bonds. The van der Waals surface area contributed by atoms with Crippen LogP contribution in [0.3, 0.4) is 0 Å². The predicted molar refractivity (Wildman–Crippen MR) is 79.9 cm³/mol. The van der Waals surface area contributed by atoms with E-state index in [0.717, 1.165) is 0 Å². The summed E-state index contributed by atoms with van der Waals surface area (Å²) in [6.07, 6.45) is 4.35. The molecule has 1 unspecified atom stereocenters. The number of dihydropyridines is 1. The van der Waals surface area contributed by atoms with E-state index in [1.807, 2.05) is 0 Å². The Morgan fingerprint density at radius 3 is 2.96 bits per heavy atom. The zero-order valence-electron chi connectivity index (χ0n) is 11.9. The van der Waals surface area contributed by atoms with E-state index in [1.54, 1.807) is 18.2 Å². The molecule has 0 fully saturated rings. The normalized spacial score (nSPS) is 16.6. The quantitative estimate of drug-likeness (QED) is 0.873. The zero-order chi connectivity index (χ0) is 16.2. The Balaban J connectivity index is 1.65. The van der Waals surface area contributed by atoms with Gasteiger partial charge in [-0.1, -0.05) is 23.4 Å². The van der Waals surface area contributed by atoms with Crippen LogP contribution in [0.4, 0.5) is 4.39 Å². The van der Waals surface area contributed by atoms with Crippen LogP contribution >= 0.6 is 0 Å². The highest BCUT2D eigenvalue weighted by atomic mass is 19.1. The largest absolute Gasteiger partial charge is 0.356 e. The molecule has 3 rings (SSSR count). The van der Waals surface area contributed by atoms with Gasteiger partial charge in [-0.2, -0.15) is 0 Å². The maximum atomic E-state index is 13.7. The van der Waals surface area contributed by atoms with Gasteiger partial charge in [-0.25, -0.2) is 9.38 Å². The van der Waals surface area contributed by atoms with Gasteiger partial charge < -0.3 is 9.84 Å². The Morgan fingerprint density at radius 1 is 1.35 bits per heavy atom. The van der Waals surface area contributed by atoms with Crippen LogP contribution < -0.4 is 5.32 Å². The molecular weight excluding hydrogens is 301 g/mol. The molecule has 7 heteroatoms. The summed E-state index contributed by atoms with van der Waals surface area (Å²) in [5, 5.41) is 6.36. The summed E-state index contributed by atoms with van der Waals surface area (Å²) >= 11 is 0. The van der Waals surface area contributed by atoms with Crippen molar-refractivity contribution < 1.29 is 18.5 Å². The fraction of sp³-hybridized carbons (Fsp3) is 0.125. The fourth-order valence-electron chi connectivity index (χ4n) is 2.11. The molecule has 1 aliphatic heterocycles. The third-order valence-electron chi connectivity index (χ3n) is 3.28. The van der Waals surface area contributed by atoms with Gasteiger partial charge in [0, 0.05) is 12.3 Å². The Labute approximate surface area is 130 Å². The summed E-state index contributed by atoms with van der Waals surface area (Å²) in [7, 11) is 0. The van der Waals surface area contributed by atoms with Crippen LogP contribution in [0, 0.1) is 11.7 Å². The second kappa shape index (κ2) is 6.35. The van der Waals surface area contributed by atoms with E-state index in [4.69, 9.17) is 4.52 Å². The van der Waals surface area contributed by atoms with Crippen molar-refractivity contribution in [2.45, 2.75) is 6.54 Å². The standard InChI is InChI=1S/C16H12FN3O3/c17-13-6-2-1-4-11(13)14-8-10(20-23-14)9-19-16(22)12-5-3-7-18-15(12)21/h1-8,12H,9H2,(H,19,22). The maximum absolute atomic E-state index is 13.7. The molecule has 0 saturated carbocycles. The number of aliphatic imine (C=N–C) groups is 1. The minimum atomic E-state index is -0.932. The number of hydrogen-bond donors (Lipinski definition) is 1. The van der Waals surface area contributed by atoms with Crippen molar-refractivity contribution in [1.82, 2.24) is 10.5 Å². The number of rotatable bonds is 4. The minimum absolute atomic E-state index is 0.0676. The fourth-order valence-corrected chi connectivity index (χ4v) is 2.11. The molecular formula is C16H12FN3O3. The van der Waals surface area contributed by atoms with Crippen LogP contribution in [0.2, 0.25) is 0 Å². The van der Waals surface area contributed by atoms with Crippen LogP contribution in [0.1, 0.15) is 5.69 Å². The highest BCUT2D eigenvalue weighted by Gasteiger charge is 2.24. The first-order chi connectivity index (χ1) is 11.1. The number of allylic oxidation sites excluding steroid dienone is 1. The predicted octanol–water partition coefficient (Wildman–Crippen LogP) is 1.88. The molecule has 1 atom stereocenters. The van der Waals surface area contributed by atoms with Crippen LogP contribution in [-0.2, 0) is 16.1 Å². The van der Waals surface area contributed by atoms with Crippen molar-refractivity contribution in [3.8, 4) is 11.3 Å². The van der Waals surface area contributed by atoms with Crippen molar-refractivity contribution in [2.24, 2.45) is 10.9 Å². The molecule has 0 radical (unpaired) electrons. The van der Waals surface area contributed by atoms with E-state index in [9.17, 15) is 14.0 Å². The summed E-state index contributed by atoms with van der Waals surface area (Å²) in [5.41, 5.74) is 0.713. The van der Waals surface area contributed by atoms with Crippen LogP contribution in [0.25, 0.3) is 11.3 Å². The Bertz CT molecular complexity index is 810. The molecule has 0 aliphatic carbocycles. The molecule has 6 nitrogen and oxygen atoms in total. The Hall–Kier alpha value is -3.09. The molecule has 0 spiro atoms. The van der Waals surface area contributed by atoms with Crippen molar-refractivity contribution in [3.63, 3.8) is 0 Å². The van der Waals surface area contributed by atoms with Gasteiger partial charge in [0.15, 0.2) is 5.76 Å². The van der Waals surface area contributed by atoms with Crippen molar-refractivity contribution in [3.05, 3.63) is 54.0 Å². The van der Waals surface area contributed by atoms with Crippen molar-refractivity contribution in [2.75, 3.05) is 0 Å². The molecule has 0 saturated heterocycles. The van der Waals surface area contributed by atoms with Crippen LogP contribution in [0.5, 0.6) is 0 Å². The lowest BCUT2D eigenvalue weighted by Crippen LogP contribution is -2.34. The number of hydrogen-bond acceptors (Lipinski definition) is 4. The number of benzene rings is 1. The van der Waals surface area contributed by atoms with Gasteiger partial charge in [-0.05, 0) is 18.2 Å². The first-order valence-corrected chi connectivity index (χ1v) is 6.88. The molecule has 2 aromatic rings. The smallest absolute Gasteiger partial charge is 0.262 e. The lowest BCUT2D eigenvalue weighted by Gasteiger charge is -2.10. The molecule has 23 heavy (non-hydrogen) atoms. The number of nitrogens with one attached hydrogen (secondary N) is 1. The maximum Gasteiger partial charge on any atom is 0.262 e. The average Bonchev–Trinajstić information content (AvgIpc) is 3.02. The Kier molecular flexibility index (Phi) is 4.09. The van der Waals surface area contributed by atoms with Gasteiger partial charge in [0.25, 0.3) is 5.91 Å². The highest BCUT2D eigenvalue weighted by molar-refractivity contribution is 6.07. The van der Waals surface area contributed by atoms with Crippen LogP contribution in [-0.4, -0.2) is 23.2 Å². The SMILES string of the molecule is O=C1N=CC=CC1C(=O)NCc1cc(-c2ccccc2F)on1. The molecule has 1 aromatic heterocycles. The zero-order valence-corrected chi connectivity index (χ0v) is 11.9. The summed E-state index contributed by atoms with van der Waals surface area (Å²) in [6.45, 7) is 0.0676. The molecule has 116 valence electrons. The number of aromatic nitrogens is 1. The molecule has 0 bridgehead atoms. The highest BCUT2D eigenvalue weighted by Crippen LogP contribution is 2.23. The van der Waals surface area contributed by atoms with E-state index in [-0.39, 0.29) is 17.9 Å². The second-order valence-corrected chi connectivity index (χ2v) is 4.86. The molecule has 1 N–H and O–H groups in total. The molecule has 1 aromatic carbocycles. The first-order valence-electron chi connectivity index (χ1n) is 6.88. The number of amides is 2. The minimum Gasteiger partial charge on any atom is -0.356 e. The second-order valence-electron chi connectivity index (χ2n) is 4.86. The summed E-state index contributed by atoms with van der Waals surface area (Å²) in [5.74, 6) is -2.07. The van der Waals surface area contributed by atoms with Crippen LogP contribution in [0.15, 0.2) is 52.0 Å². The van der Waals surface area contributed by atoms with Crippen molar-refractivity contribution >= 4 is 18.0 Å². The van der Waals surface area contributed by atoms with E-state index in [1.165, 1.54) is 30.5 Å². The molecule has 2 heterocycles. The monoisotopic (exact) mass is 313 g/mol. The van der Waals surface area contributed by atoms with Gasteiger partial charge in [-0.15, -0.1) is 0 Å². The summed E-state index contributed by atoms with van der Waals surface area (Å²) in [6, 6.07) is 7.69. The number of nitrogens with zero attached hydrogens (tertiary/aromatic N) is 2. The van der Waals surface area contributed by atoms with E-state index >= 15 is 0 Å². The average molecular weight is 313 g/mol. The topological polar surface area (TPSA) is 84.6 Å². The lowest BCUT2D eigenvalue weighted by atomic mass is 10.1. The van der Waals surface area contributed by atoms with E-state index < -0.39 is 23.5 Å². The number of carbonyl (C=O) groups excluding carboxylic acids is 2. The van der Waals surface area contributed by atoms with Gasteiger partial charge in [0.1, 0.15) is 17.4 Å². The number of halogens is 1. The van der Waals surface area contributed by atoms with Gasteiger partial charge >= 0.3 is 0 Å². The third kappa shape index (κ3) is 3.23. The van der Waals surface area contributed by atoms with Gasteiger partial charge in [0.05, 0.1) is 12.1 Å². The number of carbonyl (C=O) groups is 2. The van der Waals surface area contributed by atoms with Gasteiger partial charge in [-0.3, -0.25) is 9.59 Å². The summed E-state index contributed by atoms with van der Waals surface area (Å²) < 4.78 is 18.8.